The fourth-order valence-corrected chi connectivity index (χ4v) is 6.56. The van der Waals surface area contributed by atoms with E-state index < -0.39 is 59.6 Å². The van der Waals surface area contributed by atoms with Gasteiger partial charge in [-0.25, -0.2) is 5.10 Å². The minimum absolute atomic E-state index is 0.0582. The Bertz CT molecular complexity index is 1950. The molecule has 0 aliphatic carbocycles. The number of aromatic amines is 1. The Hall–Kier alpha value is -6.03. The van der Waals surface area contributed by atoms with E-state index in [1.165, 1.54) is 25.8 Å². The van der Waals surface area contributed by atoms with Gasteiger partial charge in [0.25, 0.3) is 0 Å². The smallest absolute Gasteiger partial charge is 0.248 e. The standard InChI is InChI=1S/C39H57N13O8/c1-22(34(54)35-48-50-51-49-35)44-37(56)29-20-24-8-10-30(59-17-14-41)26(19-24)27-21-25(9-11-31(27)60-18-15-42)33(38(57)45-23(2)36(55)47-29)52(4)39(58)28(7-5-6-13-40)46-32(53)12-16-43-3/h8-11,19,21-23,28-29,33,43H,5-7,12-18,20,40-42H2,1-4H3,(H,44,56)(H,45,57)(H,46,53)(H,47,55)(H,48,49,50,51)/t22-,23-,28-,29-,33-/m0/s1. The van der Waals surface area contributed by atoms with Crippen molar-refractivity contribution in [2.75, 3.05) is 53.5 Å². The quantitative estimate of drug-likeness (QED) is 0.0448. The van der Waals surface area contributed by atoms with E-state index in [-0.39, 0.29) is 57.3 Å². The molecule has 0 saturated heterocycles. The number of hydrogen-bond acceptors (Lipinski definition) is 15. The van der Waals surface area contributed by atoms with Gasteiger partial charge in [0.05, 0.1) is 6.04 Å². The van der Waals surface area contributed by atoms with Crippen LogP contribution in [0.3, 0.4) is 0 Å². The van der Waals surface area contributed by atoms with Gasteiger partial charge in [0.1, 0.15) is 48.9 Å². The number of carbonyl (C=O) groups excluding carboxylic acids is 6. The number of likely N-dealkylation sites (N-methyl/N-ethyl adjacent to an activating group) is 1. The summed E-state index contributed by atoms with van der Waals surface area (Å²) < 4.78 is 12.2. The Morgan fingerprint density at radius 1 is 0.917 bits per heavy atom. The third-order valence-electron chi connectivity index (χ3n) is 9.73. The molecule has 5 atom stereocenters. The number of H-pyrrole nitrogens is 1. The Kier molecular flexibility index (Phi) is 17.8. The van der Waals surface area contributed by atoms with Crippen LogP contribution in [0.2, 0.25) is 0 Å². The first kappa shape index (κ1) is 46.7. The van der Waals surface area contributed by atoms with Crippen molar-refractivity contribution < 1.29 is 38.2 Å². The molecule has 1 aromatic heterocycles. The van der Waals surface area contributed by atoms with Gasteiger partial charge in [-0.05, 0) is 92.5 Å². The zero-order valence-electron chi connectivity index (χ0n) is 34.4. The van der Waals surface area contributed by atoms with Crippen molar-refractivity contribution in [3.63, 3.8) is 0 Å². The van der Waals surface area contributed by atoms with Crippen LogP contribution >= 0.6 is 0 Å². The van der Waals surface area contributed by atoms with Gasteiger partial charge in [-0.15, -0.1) is 5.10 Å². The zero-order chi connectivity index (χ0) is 43.8. The Labute approximate surface area is 348 Å². The van der Waals surface area contributed by atoms with Crippen LogP contribution in [0, 0.1) is 0 Å². The van der Waals surface area contributed by atoms with Crippen LogP contribution in [0.4, 0.5) is 0 Å². The minimum Gasteiger partial charge on any atom is -0.492 e. The number of amides is 5. The lowest BCUT2D eigenvalue weighted by molar-refractivity contribution is -0.143. The largest absolute Gasteiger partial charge is 0.492 e. The fourth-order valence-electron chi connectivity index (χ4n) is 6.56. The average Bonchev–Trinajstić information content (AvgIpc) is 3.78. The number of unbranched alkanes of at least 4 members (excludes halogenated alkanes) is 1. The first-order chi connectivity index (χ1) is 28.8. The molecule has 3 aromatic rings. The lowest BCUT2D eigenvalue weighted by Crippen LogP contribution is -2.57. The number of ketones is 1. The van der Waals surface area contributed by atoms with E-state index in [1.807, 2.05) is 0 Å². The number of ether oxygens (including phenoxy) is 2. The number of hydrogen-bond donors (Lipinski definition) is 9. The van der Waals surface area contributed by atoms with E-state index in [4.69, 9.17) is 26.7 Å². The second kappa shape index (κ2) is 22.9. The van der Waals surface area contributed by atoms with Gasteiger partial charge < -0.3 is 58.2 Å². The highest BCUT2D eigenvalue weighted by molar-refractivity contribution is 6.00. The Balaban J connectivity index is 1.86. The normalized spacial score (nSPS) is 17.6. The molecule has 1 aliphatic rings. The van der Waals surface area contributed by atoms with E-state index in [1.54, 1.807) is 43.4 Å². The summed E-state index contributed by atoms with van der Waals surface area (Å²) in [6, 6.07) is 4.22. The molecule has 0 radical (unpaired) electrons. The second-order valence-electron chi connectivity index (χ2n) is 14.3. The predicted molar refractivity (Wildman–Crippen MR) is 219 cm³/mol. The zero-order valence-corrected chi connectivity index (χ0v) is 34.4. The number of aromatic nitrogens is 4. The van der Waals surface area contributed by atoms with Crippen LogP contribution in [0.25, 0.3) is 11.1 Å². The molecule has 21 nitrogen and oxygen atoms in total. The van der Waals surface area contributed by atoms with Gasteiger partial charge in [0, 0.05) is 50.7 Å². The first-order valence-electron chi connectivity index (χ1n) is 19.9. The highest BCUT2D eigenvalue weighted by Crippen LogP contribution is 2.40. The van der Waals surface area contributed by atoms with Crippen molar-refractivity contribution in [2.45, 2.75) is 76.2 Å². The molecule has 12 N–H and O–H groups in total. The molecular formula is C39H57N13O8. The van der Waals surface area contributed by atoms with Crippen LogP contribution in [0.15, 0.2) is 36.4 Å². The van der Waals surface area contributed by atoms with Crippen LogP contribution < -0.4 is 53.3 Å². The van der Waals surface area contributed by atoms with Crippen molar-refractivity contribution >= 4 is 35.3 Å². The topological polar surface area (TPSA) is 317 Å². The van der Waals surface area contributed by atoms with Crippen LogP contribution in [0.5, 0.6) is 11.5 Å². The number of benzene rings is 2. The molecule has 21 heteroatoms. The number of fused-ring (bicyclic) bond motifs is 5. The summed E-state index contributed by atoms with van der Waals surface area (Å²) >= 11 is 0. The van der Waals surface area contributed by atoms with E-state index in [9.17, 15) is 28.8 Å². The fraction of sp³-hybridized carbons (Fsp3) is 0.513. The maximum Gasteiger partial charge on any atom is 0.248 e. The van der Waals surface area contributed by atoms with E-state index >= 15 is 0 Å². The number of rotatable bonds is 20. The van der Waals surface area contributed by atoms with E-state index in [0.717, 1.165) is 0 Å². The number of Topliss-reactive ketones (excluding diaryl/α,β-unsaturated/α-hetero) is 1. The van der Waals surface area contributed by atoms with Crippen molar-refractivity contribution in [2.24, 2.45) is 17.2 Å². The van der Waals surface area contributed by atoms with Crippen LogP contribution in [-0.4, -0.2) is 138 Å². The van der Waals surface area contributed by atoms with E-state index in [0.29, 0.717) is 59.7 Å². The number of carbonyl (C=O) groups is 6. The number of nitrogens with two attached hydrogens (primary N) is 3. The molecule has 0 saturated carbocycles. The second-order valence-corrected chi connectivity index (χ2v) is 14.3. The summed E-state index contributed by atoms with van der Waals surface area (Å²) in [5.74, 6) is -3.08. The van der Waals surface area contributed by atoms with Crippen LogP contribution in [0.1, 0.15) is 67.3 Å². The summed E-state index contributed by atoms with van der Waals surface area (Å²) in [4.78, 5) is 83.7. The van der Waals surface area contributed by atoms with Gasteiger partial charge in [0.2, 0.25) is 41.1 Å². The van der Waals surface area contributed by atoms with Gasteiger partial charge in [-0.2, -0.15) is 0 Å². The maximum absolute atomic E-state index is 14.5. The molecule has 326 valence electrons. The highest BCUT2D eigenvalue weighted by Gasteiger charge is 2.36. The summed E-state index contributed by atoms with van der Waals surface area (Å²) in [5, 5.41) is 26.6. The third-order valence-corrected chi connectivity index (χ3v) is 9.73. The minimum atomic E-state index is -1.35. The van der Waals surface area contributed by atoms with Gasteiger partial charge >= 0.3 is 0 Å². The third kappa shape index (κ3) is 12.5. The maximum atomic E-state index is 14.5. The SMILES string of the molecule is CNCCC(=O)N[C@@H](CCCCN)C(=O)N(C)[C@@H]1C(=O)N[C@@H](C)C(=O)N[C@H](C(=O)N[C@@H](C)C(=O)c2nnn[nH]2)Cc2ccc(OCCN)c(c2)-c2cc1ccc2OCCN. The van der Waals surface area contributed by atoms with Gasteiger partial charge in [-0.1, -0.05) is 12.1 Å². The predicted octanol–water partition coefficient (Wildman–Crippen LogP) is -1.80. The van der Waals surface area contributed by atoms with Crippen molar-refractivity contribution in [3.05, 3.63) is 53.3 Å². The summed E-state index contributed by atoms with van der Waals surface area (Å²) in [6.07, 6.45) is 1.45. The molecule has 4 bridgehead atoms. The van der Waals surface area contributed by atoms with Gasteiger partial charge in [-0.3, -0.25) is 28.8 Å². The summed E-state index contributed by atoms with van der Waals surface area (Å²) in [7, 11) is 3.16. The lowest BCUT2D eigenvalue weighted by Gasteiger charge is -2.33. The highest BCUT2D eigenvalue weighted by atomic mass is 16.5. The molecule has 2 heterocycles. The molecular weight excluding hydrogens is 779 g/mol. The number of nitrogens with zero attached hydrogens (tertiary/aromatic N) is 4. The summed E-state index contributed by atoms with van der Waals surface area (Å²) in [5.41, 5.74) is 19.3. The summed E-state index contributed by atoms with van der Waals surface area (Å²) in [6.45, 7) is 4.31. The van der Waals surface area contributed by atoms with Gasteiger partial charge in [0.15, 0.2) is 0 Å². The molecule has 4 rings (SSSR count). The van der Waals surface area contributed by atoms with Crippen molar-refractivity contribution in [1.82, 2.24) is 52.1 Å². The monoisotopic (exact) mass is 835 g/mol. The average molecular weight is 836 g/mol. The lowest BCUT2D eigenvalue weighted by atomic mass is 9.93. The first-order valence-corrected chi connectivity index (χ1v) is 19.9. The molecule has 2 aromatic carbocycles. The molecule has 1 aliphatic heterocycles. The molecule has 60 heavy (non-hydrogen) atoms. The number of tetrazole rings is 1. The Morgan fingerprint density at radius 2 is 1.60 bits per heavy atom. The van der Waals surface area contributed by atoms with Crippen molar-refractivity contribution in [3.8, 4) is 22.6 Å². The Morgan fingerprint density at radius 3 is 2.23 bits per heavy atom. The molecule has 0 unspecified atom stereocenters. The molecule has 0 fully saturated rings. The van der Waals surface area contributed by atoms with Crippen molar-refractivity contribution in [1.29, 1.82) is 0 Å². The molecule has 0 spiro atoms. The number of nitrogens with one attached hydrogen (secondary N) is 6. The molecule has 5 amide bonds. The van der Waals surface area contributed by atoms with E-state index in [2.05, 4.69) is 47.2 Å². The van der Waals surface area contributed by atoms with Crippen LogP contribution in [-0.2, 0) is 30.4 Å².